The van der Waals surface area contributed by atoms with Crippen molar-refractivity contribution in [2.45, 2.75) is 26.3 Å². The molecular formula is C10H18N4O. The van der Waals surface area contributed by atoms with Gasteiger partial charge in [-0.1, -0.05) is 6.92 Å². The highest BCUT2D eigenvalue weighted by Crippen LogP contribution is 2.15. The average Bonchev–Trinajstić information content (AvgIpc) is 2.46. The van der Waals surface area contributed by atoms with Crippen molar-refractivity contribution in [1.29, 1.82) is 0 Å². The third-order valence-corrected chi connectivity index (χ3v) is 2.25. The summed E-state index contributed by atoms with van der Waals surface area (Å²) in [5.74, 6) is -0.362. The molecule has 1 aromatic rings. The number of carbonyl (C=O) groups excluding carboxylic acids is 1. The Balaban J connectivity index is 2.88. The van der Waals surface area contributed by atoms with E-state index in [1.807, 2.05) is 27.1 Å². The van der Waals surface area contributed by atoms with Gasteiger partial charge in [0.2, 0.25) is 5.91 Å². The summed E-state index contributed by atoms with van der Waals surface area (Å²) in [6.07, 6.45) is 2.79. The number of aryl methyl sites for hydroxylation is 2. The van der Waals surface area contributed by atoms with Gasteiger partial charge in [0.15, 0.2) is 0 Å². The van der Waals surface area contributed by atoms with Crippen LogP contribution in [0.1, 0.15) is 30.6 Å². The molecule has 1 heterocycles. The van der Waals surface area contributed by atoms with E-state index in [1.54, 1.807) is 4.68 Å². The summed E-state index contributed by atoms with van der Waals surface area (Å²) >= 11 is 0. The zero-order valence-electron chi connectivity index (χ0n) is 9.45. The molecule has 0 aliphatic heterocycles. The molecule has 5 nitrogen and oxygen atoms in total. The smallest absolute Gasteiger partial charge is 0.239 e. The molecule has 1 unspecified atom stereocenters. The topological polar surface area (TPSA) is 72.9 Å². The van der Waals surface area contributed by atoms with Gasteiger partial charge in [0.1, 0.15) is 6.04 Å². The molecule has 0 aliphatic rings. The Morgan fingerprint density at radius 2 is 2.40 bits per heavy atom. The lowest BCUT2D eigenvalue weighted by Crippen LogP contribution is -2.34. The van der Waals surface area contributed by atoms with Crippen LogP contribution < -0.4 is 11.1 Å². The van der Waals surface area contributed by atoms with Crippen LogP contribution in [0.4, 0.5) is 0 Å². The normalized spacial score (nSPS) is 12.7. The maximum Gasteiger partial charge on any atom is 0.239 e. The van der Waals surface area contributed by atoms with Crippen molar-refractivity contribution in [2.75, 3.05) is 6.54 Å². The van der Waals surface area contributed by atoms with Crippen LogP contribution in [0.2, 0.25) is 0 Å². The van der Waals surface area contributed by atoms with Crippen molar-refractivity contribution in [3.63, 3.8) is 0 Å². The van der Waals surface area contributed by atoms with E-state index in [9.17, 15) is 4.79 Å². The number of nitrogens with zero attached hydrogens (tertiary/aromatic N) is 2. The van der Waals surface area contributed by atoms with Crippen molar-refractivity contribution in [3.05, 3.63) is 17.5 Å². The summed E-state index contributed by atoms with van der Waals surface area (Å²) in [5, 5.41) is 7.30. The first-order valence-corrected chi connectivity index (χ1v) is 5.09. The molecule has 15 heavy (non-hydrogen) atoms. The fraction of sp³-hybridized carbons (Fsp3) is 0.600. The molecule has 0 saturated heterocycles. The van der Waals surface area contributed by atoms with Gasteiger partial charge in [0.25, 0.3) is 0 Å². The molecule has 3 N–H and O–H groups in total. The molecule has 0 saturated carbocycles. The fourth-order valence-corrected chi connectivity index (χ4v) is 1.55. The first-order valence-electron chi connectivity index (χ1n) is 5.09. The predicted octanol–water partition coefficient (Wildman–Crippen LogP) is 0.255. The van der Waals surface area contributed by atoms with Crippen LogP contribution in [-0.2, 0) is 11.8 Å². The molecule has 0 aromatic carbocycles. The fourth-order valence-electron chi connectivity index (χ4n) is 1.55. The summed E-state index contributed by atoms with van der Waals surface area (Å²) in [7, 11) is 1.83. The third kappa shape index (κ3) is 2.79. The first-order chi connectivity index (χ1) is 7.06. The van der Waals surface area contributed by atoms with E-state index in [4.69, 9.17) is 5.73 Å². The van der Waals surface area contributed by atoms with Crippen LogP contribution >= 0.6 is 0 Å². The summed E-state index contributed by atoms with van der Waals surface area (Å²) < 4.78 is 1.69. The highest BCUT2D eigenvalue weighted by molar-refractivity contribution is 5.81. The molecule has 0 radical (unpaired) electrons. The second-order valence-electron chi connectivity index (χ2n) is 3.63. The number of hydrogen-bond acceptors (Lipinski definition) is 3. The van der Waals surface area contributed by atoms with Crippen LogP contribution in [0, 0.1) is 6.92 Å². The van der Waals surface area contributed by atoms with Gasteiger partial charge in [-0.05, 0) is 19.9 Å². The number of nitrogens with two attached hydrogens (primary N) is 1. The molecule has 1 aromatic heterocycles. The number of primary amides is 1. The maximum atomic E-state index is 11.3. The standard InChI is InChI=1S/C10H18N4O/c1-4-5-12-9(10(11)15)8-6-14(3)13-7(8)2/h6,9,12H,4-5H2,1-3H3,(H2,11,15). The maximum absolute atomic E-state index is 11.3. The first kappa shape index (κ1) is 11.7. The van der Waals surface area contributed by atoms with E-state index in [0.29, 0.717) is 0 Å². The van der Waals surface area contributed by atoms with Crippen LogP contribution in [0.5, 0.6) is 0 Å². The highest BCUT2D eigenvalue weighted by Gasteiger charge is 2.20. The Kier molecular flexibility index (Phi) is 3.85. The zero-order chi connectivity index (χ0) is 11.4. The molecule has 1 rings (SSSR count). The summed E-state index contributed by atoms with van der Waals surface area (Å²) in [6.45, 7) is 4.68. The second-order valence-corrected chi connectivity index (χ2v) is 3.63. The highest BCUT2D eigenvalue weighted by atomic mass is 16.1. The van der Waals surface area contributed by atoms with E-state index >= 15 is 0 Å². The second kappa shape index (κ2) is 4.93. The number of rotatable bonds is 5. The Hall–Kier alpha value is -1.36. The van der Waals surface area contributed by atoms with Crippen molar-refractivity contribution < 1.29 is 4.79 Å². The minimum Gasteiger partial charge on any atom is -0.368 e. The number of amides is 1. The lowest BCUT2D eigenvalue weighted by molar-refractivity contribution is -0.120. The summed E-state index contributed by atoms with van der Waals surface area (Å²) in [6, 6.07) is -0.432. The Labute approximate surface area is 89.6 Å². The van der Waals surface area contributed by atoms with Crippen molar-refractivity contribution in [2.24, 2.45) is 12.8 Å². The molecule has 0 bridgehead atoms. The zero-order valence-corrected chi connectivity index (χ0v) is 9.45. The van der Waals surface area contributed by atoms with Crippen molar-refractivity contribution in [3.8, 4) is 0 Å². The number of hydrogen-bond donors (Lipinski definition) is 2. The SMILES string of the molecule is CCCNC(C(N)=O)c1cn(C)nc1C. The van der Waals surface area contributed by atoms with Gasteiger partial charge in [0.05, 0.1) is 5.69 Å². The van der Waals surface area contributed by atoms with E-state index in [-0.39, 0.29) is 5.91 Å². The Morgan fingerprint density at radius 3 is 2.80 bits per heavy atom. The number of aromatic nitrogens is 2. The molecule has 0 spiro atoms. The third-order valence-electron chi connectivity index (χ3n) is 2.25. The van der Waals surface area contributed by atoms with E-state index in [2.05, 4.69) is 10.4 Å². The lowest BCUT2D eigenvalue weighted by atomic mass is 10.1. The van der Waals surface area contributed by atoms with Crippen molar-refractivity contribution >= 4 is 5.91 Å². The Morgan fingerprint density at radius 1 is 1.73 bits per heavy atom. The number of nitrogens with one attached hydrogen (secondary N) is 1. The molecule has 1 amide bonds. The van der Waals surface area contributed by atoms with E-state index in [0.717, 1.165) is 24.2 Å². The van der Waals surface area contributed by atoms with E-state index in [1.165, 1.54) is 0 Å². The minimum absolute atomic E-state index is 0.362. The predicted molar refractivity (Wildman–Crippen MR) is 58.2 cm³/mol. The molecule has 0 fully saturated rings. The van der Waals surface area contributed by atoms with Gasteiger partial charge < -0.3 is 11.1 Å². The summed E-state index contributed by atoms with van der Waals surface area (Å²) in [5.41, 5.74) is 7.05. The van der Waals surface area contributed by atoms with Gasteiger partial charge in [-0.25, -0.2) is 0 Å². The Bertz CT molecular complexity index is 345. The molecule has 1 atom stereocenters. The van der Waals surface area contributed by atoms with Gasteiger partial charge in [-0.3, -0.25) is 9.48 Å². The quantitative estimate of drug-likeness (QED) is 0.732. The molecular weight excluding hydrogens is 192 g/mol. The molecule has 0 aliphatic carbocycles. The van der Waals surface area contributed by atoms with Crippen LogP contribution in [0.3, 0.4) is 0 Å². The summed E-state index contributed by atoms with van der Waals surface area (Å²) in [4.78, 5) is 11.3. The van der Waals surface area contributed by atoms with Crippen LogP contribution in [-0.4, -0.2) is 22.2 Å². The van der Waals surface area contributed by atoms with Crippen molar-refractivity contribution in [1.82, 2.24) is 15.1 Å². The van der Waals surface area contributed by atoms with Gasteiger partial charge in [0, 0.05) is 18.8 Å². The largest absolute Gasteiger partial charge is 0.368 e. The number of carbonyl (C=O) groups is 1. The van der Waals surface area contributed by atoms with Gasteiger partial charge in [-0.15, -0.1) is 0 Å². The van der Waals surface area contributed by atoms with Gasteiger partial charge >= 0.3 is 0 Å². The average molecular weight is 210 g/mol. The van der Waals surface area contributed by atoms with Crippen LogP contribution in [0.15, 0.2) is 6.20 Å². The molecule has 84 valence electrons. The monoisotopic (exact) mass is 210 g/mol. The van der Waals surface area contributed by atoms with Crippen LogP contribution in [0.25, 0.3) is 0 Å². The molecule has 5 heteroatoms. The van der Waals surface area contributed by atoms with Gasteiger partial charge in [-0.2, -0.15) is 5.10 Å². The minimum atomic E-state index is -0.432. The lowest BCUT2D eigenvalue weighted by Gasteiger charge is -2.13. The van der Waals surface area contributed by atoms with E-state index < -0.39 is 6.04 Å².